The van der Waals surface area contributed by atoms with Gasteiger partial charge in [0.2, 0.25) is 16.0 Å². The summed E-state index contributed by atoms with van der Waals surface area (Å²) in [5.41, 5.74) is -0.560. The first-order chi connectivity index (χ1) is 15.1. The molecule has 0 unspecified atom stereocenters. The average Bonchev–Trinajstić information content (AvgIpc) is 2.72. The molecule has 4 N–H and O–H groups in total. The van der Waals surface area contributed by atoms with Crippen molar-refractivity contribution in [3.63, 3.8) is 0 Å². The lowest BCUT2D eigenvalue weighted by atomic mass is 10.2. The fraction of sp³-hybridized carbons (Fsp3) is 0.100. The number of hydrogen-bond acceptors (Lipinski definition) is 7. The van der Waals surface area contributed by atoms with E-state index < -0.39 is 27.6 Å². The van der Waals surface area contributed by atoms with Crippen molar-refractivity contribution >= 4 is 33.2 Å². The number of halogens is 3. The number of terminal acetylenes is 1. The van der Waals surface area contributed by atoms with Gasteiger partial charge in [-0.05, 0) is 42.5 Å². The molecule has 0 saturated heterocycles. The third-order valence-corrected chi connectivity index (χ3v) is 4.86. The summed E-state index contributed by atoms with van der Waals surface area (Å²) in [6.45, 7) is 0.0542. The molecular formula is C20H16F3N5O3S. The largest absolute Gasteiger partial charge is 0.481 e. The molecule has 3 rings (SSSR count). The van der Waals surface area contributed by atoms with Crippen LogP contribution in [0.15, 0.2) is 59.6 Å². The van der Waals surface area contributed by atoms with E-state index in [1.165, 1.54) is 48.5 Å². The Bertz CT molecular complexity index is 1260. The highest BCUT2D eigenvalue weighted by Crippen LogP contribution is 2.35. The number of alkyl halides is 3. The van der Waals surface area contributed by atoms with Gasteiger partial charge >= 0.3 is 6.18 Å². The van der Waals surface area contributed by atoms with Crippen molar-refractivity contribution < 1.29 is 26.3 Å². The fourth-order valence-corrected chi connectivity index (χ4v) is 3.08. The standard InChI is InChI=1S/C20H16F3N5O3S/c1-2-10-31-15-8-6-13(7-9-15)26-18-17(20(21,22)23)12-25-19(28-18)27-14-4-3-5-16(11-14)32(24,29)30/h1,3-9,11-12H,10H2,(H2,24,29,30)(H2,25,26,27,28). The van der Waals surface area contributed by atoms with Crippen molar-refractivity contribution in [3.8, 4) is 18.1 Å². The lowest BCUT2D eigenvalue weighted by Crippen LogP contribution is -2.13. The van der Waals surface area contributed by atoms with Crippen LogP contribution in [0.5, 0.6) is 5.75 Å². The van der Waals surface area contributed by atoms with Crippen LogP contribution in [0.3, 0.4) is 0 Å². The summed E-state index contributed by atoms with van der Waals surface area (Å²) in [6, 6.07) is 11.4. The van der Waals surface area contributed by atoms with E-state index in [2.05, 4.69) is 26.5 Å². The summed E-state index contributed by atoms with van der Waals surface area (Å²) in [6.07, 6.45) is 1.01. The van der Waals surface area contributed by atoms with Crippen LogP contribution in [-0.2, 0) is 16.2 Å². The molecular weight excluding hydrogens is 447 g/mol. The molecule has 3 aromatic rings. The van der Waals surface area contributed by atoms with E-state index in [1.54, 1.807) is 0 Å². The molecule has 2 aromatic carbocycles. The lowest BCUT2D eigenvalue weighted by molar-refractivity contribution is -0.137. The van der Waals surface area contributed by atoms with Crippen LogP contribution >= 0.6 is 0 Å². The normalized spacial score (nSPS) is 11.5. The maximum atomic E-state index is 13.4. The molecule has 0 amide bonds. The van der Waals surface area contributed by atoms with Crippen molar-refractivity contribution in [2.45, 2.75) is 11.1 Å². The Hall–Kier alpha value is -3.82. The number of nitrogens with two attached hydrogens (primary N) is 1. The van der Waals surface area contributed by atoms with Gasteiger partial charge in [-0.2, -0.15) is 18.2 Å². The number of anilines is 4. The van der Waals surface area contributed by atoms with Gasteiger partial charge in [-0.3, -0.25) is 0 Å². The highest BCUT2D eigenvalue weighted by Gasteiger charge is 2.35. The summed E-state index contributed by atoms with van der Waals surface area (Å²) in [5.74, 6) is 2.06. The lowest BCUT2D eigenvalue weighted by Gasteiger charge is -2.15. The summed E-state index contributed by atoms with van der Waals surface area (Å²) < 4.78 is 68.5. The topological polar surface area (TPSA) is 119 Å². The molecule has 0 spiro atoms. The first-order valence-electron chi connectivity index (χ1n) is 8.84. The van der Waals surface area contributed by atoms with Crippen LogP contribution in [0, 0.1) is 12.3 Å². The molecule has 0 atom stereocenters. The molecule has 1 heterocycles. The Morgan fingerprint density at radius 3 is 2.44 bits per heavy atom. The molecule has 0 aliphatic carbocycles. The van der Waals surface area contributed by atoms with Crippen molar-refractivity contribution in [2.75, 3.05) is 17.2 Å². The molecule has 0 bridgehead atoms. The quantitative estimate of drug-likeness (QED) is 0.458. The number of sulfonamides is 1. The summed E-state index contributed by atoms with van der Waals surface area (Å²) >= 11 is 0. The number of ether oxygens (including phenoxy) is 1. The van der Waals surface area contributed by atoms with Crippen molar-refractivity contribution in [3.05, 3.63) is 60.3 Å². The number of aromatic nitrogens is 2. The molecule has 12 heteroatoms. The Morgan fingerprint density at radius 1 is 1.09 bits per heavy atom. The number of hydrogen-bond donors (Lipinski definition) is 3. The molecule has 0 aliphatic heterocycles. The number of benzene rings is 2. The van der Waals surface area contributed by atoms with E-state index in [9.17, 15) is 21.6 Å². The third kappa shape index (κ3) is 5.87. The Labute approximate surface area is 181 Å². The Balaban J connectivity index is 1.90. The molecule has 0 aliphatic rings. The van der Waals surface area contributed by atoms with Gasteiger partial charge < -0.3 is 15.4 Å². The van der Waals surface area contributed by atoms with Gasteiger partial charge in [0.1, 0.15) is 23.7 Å². The first kappa shape index (κ1) is 22.9. The van der Waals surface area contributed by atoms with E-state index in [4.69, 9.17) is 16.3 Å². The highest BCUT2D eigenvalue weighted by atomic mass is 32.2. The molecule has 8 nitrogen and oxygen atoms in total. The molecule has 1 aromatic heterocycles. The minimum absolute atomic E-state index is 0.0542. The van der Waals surface area contributed by atoms with Crippen molar-refractivity contribution in [1.82, 2.24) is 9.97 Å². The van der Waals surface area contributed by atoms with Crippen molar-refractivity contribution in [1.29, 1.82) is 0 Å². The maximum absolute atomic E-state index is 13.4. The smallest absolute Gasteiger partial charge is 0.421 e. The average molecular weight is 463 g/mol. The minimum atomic E-state index is -4.72. The summed E-state index contributed by atoms with van der Waals surface area (Å²) in [4.78, 5) is 7.40. The first-order valence-corrected chi connectivity index (χ1v) is 10.4. The van der Waals surface area contributed by atoms with Gasteiger partial charge in [0.15, 0.2) is 0 Å². The number of rotatable bonds is 7. The second-order valence-electron chi connectivity index (χ2n) is 6.29. The van der Waals surface area contributed by atoms with E-state index >= 15 is 0 Å². The number of nitrogens with one attached hydrogen (secondary N) is 2. The van der Waals surface area contributed by atoms with Crippen molar-refractivity contribution in [2.24, 2.45) is 5.14 Å². The van der Waals surface area contributed by atoms with Gasteiger partial charge in [0, 0.05) is 17.6 Å². The van der Waals surface area contributed by atoms with Gasteiger partial charge in [-0.25, -0.2) is 18.5 Å². The van der Waals surface area contributed by atoms with Crippen LogP contribution in [0.2, 0.25) is 0 Å². The Morgan fingerprint density at radius 2 is 1.81 bits per heavy atom. The Kier molecular flexibility index (Phi) is 6.52. The fourth-order valence-electron chi connectivity index (χ4n) is 2.52. The molecule has 0 saturated carbocycles. The van der Waals surface area contributed by atoms with Gasteiger partial charge in [-0.1, -0.05) is 12.0 Å². The van der Waals surface area contributed by atoms with Crippen LogP contribution in [0.25, 0.3) is 0 Å². The molecule has 0 radical (unpaired) electrons. The van der Waals surface area contributed by atoms with Gasteiger partial charge in [0.25, 0.3) is 0 Å². The zero-order chi connectivity index (χ0) is 23.4. The number of primary sulfonamides is 1. The van der Waals surface area contributed by atoms with Crippen LogP contribution in [0.1, 0.15) is 5.56 Å². The van der Waals surface area contributed by atoms with Gasteiger partial charge in [-0.15, -0.1) is 6.42 Å². The number of nitrogens with zero attached hydrogens (tertiary/aromatic N) is 2. The van der Waals surface area contributed by atoms with Crippen LogP contribution in [-0.4, -0.2) is 25.0 Å². The summed E-state index contributed by atoms with van der Waals surface area (Å²) in [7, 11) is -3.97. The zero-order valence-electron chi connectivity index (χ0n) is 16.2. The van der Waals surface area contributed by atoms with Gasteiger partial charge in [0.05, 0.1) is 4.90 Å². The van der Waals surface area contributed by atoms with E-state index in [-0.39, 0.29) is 23.1 Å². The summed E-state index contributed by atoms with van der Waals surface area (Å²) in [5, 5.41) is 10.4. The predicted molar refractivity (Wildman–Crippen MR) is 112 cm³/mol. The monoisotopic (exact) mass is 463 g/mol. The van der Waals surface area contributed by atoms with E-state index in [0.29, 0.717) is 17.6 Å². The van der Waals surface area contributed by atoms with E-state index in [1.807, 2.05) is 0 Å². The third-order valence-electron chi connectivity index (χ3n) is 3.95. The minimum Gasteiger partial charge on any atom is -0.481 e. The highest BCUT2D eigenvalue weighted by molar-refractivity contribution is 7.89. The zero-order valence-corrected chi connectivity index (χ0v) is 17.0. The SMILES string of the molecule is C#CCOc1ccc(Nc2nc(Nc3cccc(S(N)(=O)=O)c3)ncc2C(F)(F)F)cc1. The molecule has 0 fully saturated rings. The second kappa shape index (κ2) is 9.13. The maximum Gasteiger partial charge on any atom is 0.421 e. The van der Waals surface area contributed by atoms with E-state index in [0.717, 1.165) is 0 Å². The predicted octanol–water partition coefficient (Wildman–Crippen LogP) is 3.64. The van der Waals surface area contributed by atoms with Crippen LogP contribution in [0.4, 0.5) is 36.3 Å². The molecule has 166 valence electrons. The van der Waals surface area contributed by atoms with Crippen LogP contribution < -0.4 is 20.5 Å². The molecule has 32 heavy (non-hydrogen) atoms. The second-order valence-corrected chi connectivity index (χ2v) is 7.86.